The van der Waals surface area contributed by atoms with Crippen LogP contribution in [-0.4, -0.2) is 321 Å². The molecule has 10 rings (SSSR count). The number of ketones is 1. The third-order valence-corrected chi connectivity index (χ3v) is 25.2. The summed E-state index contributed by atoms with van der Waals surface area (Å²) in [7, 11) is 17.7. The van der Waals surface area contributed by atoms with Crippen LogP contribution in [0.15, 0.2) is 121 Å². The zero-order valence-electron chi connectivity index (χ0n) is 82.2. The van der Waals surface area contributed by atoms with E-state index in [1.165, 1.54) is 181 Å². The molecule has 5 aromatic carbocycles. The van der Waals surface area contributed by atoms with Crippen molar-refractivity contribution >= 4 is 46.4 Å². The normalized spacial score (nSPS) is 16.0. The van der Waals surface area contributed by atoms with Gasteiger partial charge in [-0.1, -0.05) is 207 Å². The summed E-state index contributed by atoms with van der Waals surface area (Å²) in [5.41, 5.74) is 1.09. The second-order valence-corrected chi connectivity index (χ2v) is 36.8. The number of carboxylic acids is 5. The summed E-state index contributed by atoms with van der Waals surface area (Å²) in [6, 6.07) is 34.4. The number of likely N-dealkylation sites (N-methyl/N-ethyl adjacent to an activating group) is 2. The molecule has 5 aliphatic carbocycles. The number of carboxylic acid groups (broad SMARTS) is 5. The van der Waals surface area contributed by atoms with E-state index in [4.69, 9.17) is 54.7 Å². The van der Waals surface area contributed by atoms with Gasteiger partial charge in [0.2, 0.25) is 0 Å². The number of aliphatic hydroxyl groups is 6. The number of aromatic carboxylic acids is 2. The maximum Gasteiger partial charge on any atom is 0.335 e. The summed E-state index contributed by atoms with van der Waals surface area (Å²) in [5.74, 6) is -3.69. The Bertz CT molecular complexity index is 3530. The highest BCUT2D eigenvalue weighted by molar-refractivity contribution is 6.09. The van der Waals surface area contributed by atoms with Crippen molar-refractivity contribution in [1.82, 2.24) is 0 Å². The van der Waals surface area contributed by atoms with Crippen molar-refractivity contribution in [1.29, 1.82) is 0 Å². The fraction of sp³-hybridized carbons (Fsp3) is 0.670. The molecule has 5 saturated carbocycles. The minimum Gasteiger partial charge on any atom is -0.872 e. The number of ether oxygens (including phenoxy) is 4. The van der Waals surface area contributed by atoms with Crippen molar-refractivity contribution in [3.05, 3.63) is 149 Å². The topological polar surface area (TPSA) is 396 Å². The molecule has 0 spiro atoms. The monoisotopic (exact) mass is 1830 g/mol. The number of rotatable bonds is 50. The van der Waals surface area contributed by atoms with Gasteiger partial charge >= 0.3 is 5.97 Å². The maximum atomic E-state index is 12.0. The Hall–Kier alpha value is -7.42. The van der Waals surface area contributed by atoms with Crippen LogP contribution in [0.1, 0.15) is 237 Å². The fourth-order valence-electron chi connectivity index (χ4n) is 17.4. The highest BCUT2D eigenvalue weighted by Crippen LogP contribution is 2.59. The van der Waals surface area contributed by atoms with E-state index in [-0.39, 0.29) is 69.4 Å². The van der Waals surface area contributed by atoms with E-state index in [2.05, 4.69) is 55.8 Å². The highest BCUT2D eigenvalue weighted by Gasteiger charge is 2.51. The van der Waals surface area contributed by atoms with Gasteiger partial charge in [0, 0.05) is 69.3 Å². The van der Waals surface area contributed by atoms with Gasteiger partial charge in [0.1, 0.15) is 65.4 Å². The number of hydrogen-bond donors (Lipinski definition) is 7. The standard InChI is InChI=1S/C16H36N.C14H10O3.C12H28NO4.C11H8O3.C11H16O2.C9H20N.C8H8O2.C8H16O2.2C7H18NO3/c1-5-9-13-17(14-10-6-2,15-11-7-3)16-12-8-4;15-13(10-5-2-1-3-6-10)11-7-4-8-12(9-11)14(16)17;1-14-9-5-13(6-10-15-2,7-11-16-3)8-12-17-4;12-10-6-8-4-2-1-3-7(8)5-9(10)11(13)14;12-10(13)11-4-7-1-8(5-11)3-9(2-7)6-11;1-10(2,3)9-7-5-4-6-8-9;9-8(10)6-7-4-2-1-3-5-7;1-2-3-4-5-6-7-8(9)10;2*1-8(2-5-9,3-6-10)4-7-11/h5-16H2,1-4H3;1-9H,(H,16,17);5-12H2,1-4H3;1-6,12H,(H,13,14);7-9H,1-6H2,(H,12,13);9H,4-8H2,1-3H3;1-5H,6H2,(H,9,10);2-7H2,1H3,(H,9,10);2*9-11H,2-7H2,1H3/q+1;;+1;;;+1;;;2*+1/p-5. The average Bonchev–Trinajstić information content (AvgIpc) is 0.744. The number of quaternary nitrogens is 5. The molecule has 0 aliphatic heterocycles. The van der Waals surface area contributed by atoms with Crippen molar-refractivity contribution in [2.75, 3.05) is 221 Å². The van der Waals surface area contributed by atoms with Gasteiger partial charge in [-0.15, -0.1) is 0 Å². The van der Waals surface area contributed by atoms with Crippen molar-refractivity contribution in [2.45, 2.75) is 208 Å². The number of carbonyl (C=O) groups excluding carboxylic acids is 5. The molecule has 0 radical (unpaired) electrons. The Labute approximate surface area is 780 Å². The van der Waals surface area contributed by atoms with Gasteiger partial charge in [-0.2, -0.15) is 0 Å². The van der Waals surface area contributed by atoms with E-state index < -0.39 is 41.0 Å². The summed E-state index contributed by atoms with van der Waals surface area (Å²) < 4.78 is 25.4. The molecular weight excluding hydrogens is 1660 g/mol. The zero-order chi connectivity index (χ0) is 97.7. The van der Waals surface area contributed by atoms with Crippen LogP contribution in [0, 0.1) is 23.2 Å². The van der Waals surface area contributed by atoms with E-state index in [1.54, 1.807) is 101 Å². The highest BCUT2D eigenvalue weighted by atomic mass is 16.5. The van der Waals surface area contributed by atoms with Crippen molar-refractivity contribution in [3.63, 3.8) is 0 Å². The van der Waals surface area contributed by atoms with Gasteiger partial charge in [0.25, 0.3) is 0 Å². The predicted molar refractivity (Wildman–Crippen MR) is 506 cm³/mol. The van der Waals surface area contributed by atoms with Gasteiger partial charge < -0.3 is 122 Å². The molecule has 7 N–H and O–H groups in total. The van der Waals surface area contributed by atoms with Gasteiger partial charge in [-0.25, -0.2) is 4.79 Å². The summed E-state index contributed by atoms with van der Waals surface area (Å²) in [4.78, 5) is 64.5. The van der Waals surface area contributed by atoms with Crippen LogP contribution < -0.4 is 25.5 Å². The smallest absolute Gasteiger partial charge is 0.335 e. The van der Waals surface area contributed by atoms with Gasteiger partial charge in [-0.3, -0.25) is 4.79 Å². The Morgan fingerprint density at radius 2 is 0.754 bits per heavy atom. The lowest BCUT2D eigenvalue weighted by Crippen LogP contribution is -2.55. The summed E-state index contributed by atoms with van der Waals surface area (Å²) >= 11 is 0. The minimum atomic E-state index is -1.28. The van der Waals surface area contributed by atoms with Gasteiger partial charge in [-0.05, 0) is 155 Å². The Morgan fingerprint density at radius 1 is 0.400 bits per heavy atom. The van der Waals surface area contributed by atoms with Crippen LogP contribution in [0.4, 0.5) is 0 Å². The molecule has 27 nitrogen and oxygen atoms in total. The van der Waals surface area contributed by atoms with E-state index in [0.717, 1.165) is 118 Å². The van der Waals surface area contributed by atoms with Crippen molar-refractivity contribution in [3.8, 4) is 5.75 Å². The number of benzene rings is 5. The Kier molecular flexibility index (Phi) is 68.0. The molecule has 5 fully saturated rings. The zero-order valence-corrected chi connectivity index (χ0v) is 82.2. The van der Waals surface area contributed by atoms with Crippen LogP contribution >= 0.6 is 0 Å². The molecule has 0 aromatic heterocycles. The van der Waals surface area contributed by atoms with Crippen LogP contribution in [-0.2, 0) is 39.8 Å². The molecule has 0 atom stereocenters. The predicted octanol–water partition coefficient (Wildman–Crippen LogP) is 9.16. The van der Waals surface area contributed by atoms with E-state index >= 15 is 0 Å². The molecule has 130 heavy (non-hydrogen) atoms. The molecule has 0 saturated heterocycles. The number of unbranched alkanes of at least 4 members (excludes halogenated alkanes) is 8. The van der Waals surface area contributed by atoms with Gasteiger partial charge in [0.15, 0.2) is 5.78 Å². The second-order valence-electron chi connectivity index (χ2n) is 36.8. The van der Waals surface area contributed by atoms with Crippen molar-refractivity contribution < 1.29 is 131 Å². The first-order chi connectivity index (χ1) is 62.1. The molecular formula is C103H173N5O22. The van der Waals surface area contributed by atoms with Crippen LogP contribution in [0.2, 0.25) is 0 Å². The summed E-state index contributed by atoms with van der Waals surface area (Å²) in [6.07, 6.45) is 30.6. The average molecular weight is 1830 g/mol. The van der Waals surface area contributed by atoms with E-state index in [1.807, 2.05) is 32.3 Å². The van der Waals surface area contributed by atoms with Gasteiger partial charge in [0.05, 0.1) is 145 Å². The summed E-state index contributed by atoms with van der Waals surface area (Å²) in [5, 5.41) is 115. The lowest BCUT2D eigenvalue weighted by atomic mass is 9.49. The Balaban J connectivity index is 0.00000143. The Morgan fingerprint density at radius 3 is 1.08 bits per heavy atom. The number of nitrogens with zero attached hydrogens (tertiary/aromatic N) is 5. The van der Waals surface area contributed by atoms with Crippen LogP contribution in [0.3, 0.4) is 0 Å². The molecule has 0 heterocycles. The molecule has 5 aliphatic rings. The molecule has 27 heteroatoms. The number of carbonyl (C=O) groups is 6. The number of aliphatic carboxylic acids is 3. The second kappa shape index (κ2) is 72.1. The SMILES string of the molecule is CCCCCCCC(=O)[O-].CCCC[N+](CCCC)(CCCC)CCCC.COCC[N+](CCOC)(CCOC)CCOC.C[N+](C)(C)C1CCCCC1.C[N+](CCO)(CCO)CCO.C[N+](CCO)(CCO)CCO.O=C(O)c1cc2ccccc2cc1[O-].O=C([O-])C12CC3CC(CC(C3)C1)C2.O=C([O-])Cc1ccccc1.O=C([O-])c1cccc(C(=O)c2ccccc2)c1. The fourth-order valence-corrected chi connectivity index (χ4v) is 17.4. The quantitative estimate of drug-likeness (QED) is 0.0108. The first kappa shape index (κ1) is 123. The lowest BCUT2D eigenvalue weighted by Gasteiger charge is -2.57. The first-order valence-electron chi connectivity index (χ1n) is 47.8. The molecule has 4 bridgehead atoms. The third-order valence-electron chi connectivity index (χ3n) is 25.2. The van der Waals surface area contributed by atoms with E-state index in [9.17, 15) is 54.3 Å². The third kappa shape index (κ3) is 53.5. The number of hydrogen-bond acceptors (Lipinski definition) is 21. The van der Waals surface area contributed by atoms with Crippen molar-refractivity contribution in [2.24, 2.45) is 23.2 Å². The van der Waals surface area contributed by atoms with Crippen LogP contribution in [0.25, 0.3) is 10.8 Å². The van der Waals surface area contributed by atoms with Crippen LogP contribution in [0.5, 0.6) is 5.75 Å². The molecule has 0 amide bonds. The number of methoxy groups -OCH3 is 4. The molecule has 5 aromatic rings. The van der Waals surface area contributed by atoms with E-state index in [0.29, 0.717) is 77.1 Å². The number of fused-ring (bicyclic) bond motifs is 1. The maximum absolute atomic E-state index is 12.0. The number of aliphatic hydroxyl groups excluding tert-OH is 6. The lowest BCUT2D eigenvalue weighted by molar-refractivity contribution is -0.929. The minimum absolute atomic E-state index is 0.000833. The largest absolute Gasteiger partial charge is 0.872 e. The molecule has 0 unspecified atom stereocenters. The molecule has 742 valence electrons. The summed E-state index contributed by atoms with van der Waals surface area (Å²) in [6.45, 7) is 28.1. The first-order valence-corrected chi connectivity index (χ1v) is 47.8.